The van der Waals surface area contributed by atoms with Gasteiger partial charge in [0.05, 0.1) is 10.7 Å². The van der Waals surface area contributed by atoms with Gasteiger partial charge in [-0.3, -0.25) is 9.59 Å². The minimum absolute atomic E-state index is 0.205. The van der Waals surface area contributed by atoms with Crippen LogP contribution in [-0.4, -0.2) is 24.1 Å². The molecule has 0 saturated heterocycles. The second kappa shape index (κ2) is 10.7. The number of hydrogen-bond acceptors (Lipinski definition) is 5. The molecule has 0 spiro atoms. The van der Waals surface area contributed by atoms with Crippen LogP contribution >= 0.6 is 34.8 Å². The van der Waals surface area contributed by atoms with E-state index >= 15 is 0 Å². The van der Waals surface area contributed by atoms with Gasteiger partial charge in [-0.1, -0.05) is 40.9 Å². The van der Waals surface area contributed by atoms with Crippen molar-refractivity contribution in [1.82, 2.24) is 5.43 Å². The molecule has 0 saturated carbocycles. The molecule has 3 aromatic rings. The molecule has 182 valence electrons. The van der Waals surface area contributed by atoms with Crippen LogP contribution in [0.2, 0.25) is 15.1 Å². The van der Waals surface area contributed by atoms with Gasteiger partial charge in [-0.25, -0.2) is 5.43 Å². The van der Waals surface area contributed by atoms with E-state index in [1.165, 1.54) is 6.07 Å². The van der Waals surface area contributed by atoms with Crippen LogP contribution in [0, 0.1) is 13.8 Å². The van der Waals surface area contributed by atoms with Gasteiger partial charge >= 0.3 is 0 Å². The summed E-state index contributed by atoms with van der Waals surface area (Å²) in [6.07, 6.45) is 2.08. The molecule has 2 aromatic carbocycles. The van der Waals surface area contributed by atoms with E-state index in [1.54, 1.807) is 31.2 Å². The van der Waals surface area contributed by atoms with Crippen LogP contribution in [0.5, 0.6) is 5.75 Å². The number of halogens is 3. The summed E-state index contributed by atoms with van der Waals surface area (Å²) in [5.74, 6) is 0.384. The zero-order valence-electron chi connectivity index (χ0n) is 19.0. The van der Waals surface area contributed by atoms with Gasteiger partial charge < -0.3 is 14.5 Å². The number of furan rings is 1. The third kappa shape index (κ3) is 5.81. The molecule has 7 nitrogen and oxygen atoms in total. The molecule has 0 radical (unpaired) electrons. The number of ether oxygens (including phenoxy) is 1. The summed E-state index contributed by atoms with van der Waals surface area (Å²) < 4.78 is 11.4. The lowest BCUT2D eigenvalue weighted by atomic mass is 9.93. The predicted molar refractivity (Wildman–Crippen MR) is 137 cm³/mol. The van der Waals surface area contributed by atoms with E-state index in [1.807, 2.05) is 13.0 Å². The van der Waals surface area contributed by atoms with Crippen molar-refractivity contribution in [3.63, 3.8) is 0 Å². The minimum Gasteiger partial charge on any atom is -0.482 e. The second-order valence-electron chi connectivity index (χ2n) is 8.08. The van der Waals surface area contributed by atoms with Gasteiger partial charge in [-0.2, -0.15) is 5.10 Å². The Balaban J connectivity index is 1.47. The summed E-state index contributed by atoms with van der Waals surface area (Å²) in [5.41, 5.74) is 6.04. The molecule has 4 rings (SSSR count). The van der Waals surface area contributed by atoms with Crippen LogP contribution in [0.15, 0.2) is 45.9 Å². The first-order valence-electron chi connectivity index (χ1n) is 10.9. The maximum Gasteiger partial charge on any atom is 0.291 e. The molecule has 2 amide bonds. The van der Waals surface area contributed by atoms with E-state index in [4.69, 9.17) is 44.0 Å². The van der Waals surface area contributed by atoms with Crippen molar-refractivity contribution in [1.29, 1.82) is 0 Å². The molecule has 1 aromatic heterocycles. The number of carbonyl (C=O) groups excluding carboxylic acids is 2. The number of hydrazone groups is 1. The second-order valence-corrected chi connectivity index (χ2v) is 9.36. The molecule has 1 aliphatic rings. The fourth-order valence-corrected chi connectivity index (χ4v) is 4.44. The predicted octanol–water partition coefficient (Wildman–Crippen LogP) is 6.34. The Bertz CT molecular complexity index is 1330. The number of benzene rings is 2. The van der Waals surface area contributed by atoms with Crippen LogP contribution in [-0.2, 0) is 11.2 Å². The lowest BCUT2D eigenvalue weighted by Gasteiger charge is -2.13. The first-order chi connectivity index (χ1) is 16.7. The molecule has 1 heterocycles. The molecule has 0 bridgehead atoms. The van der Waals surface area contributed by atoms with Crippen LogP contribution < -0.4 is 15.5 Å². The smallest absolute Gasteiger partial charge is 0.291 e. The maximum atomic E-state index is 13.0. The molecular formula is C25H22Cl3N3O4. The minimum atomic E-state index is -0.453. The van der Waals surface area contributed by atoms with Crippen molar-refractivity contribution in [3.05, 3.63) is 79.7 Å². The van der Waals surface area contributed by atoms with E-state index in [2.05, 4.69) is 15.8 Å². The maximum absolute atomic E-state index is 13.0. The summed E-state index contributed by atoms with van der Waals surface area (Å²) in [5, 5.41) is 8.45. The van der Waals surface area contributed by atoms with Crippen molar-refractivity contribution in [2.45, 2.75) is 33.1 Å². The molecule has 35 heavy (non-hydrogen) atoms. The highest BCUT2D eigenvalue weighted by Gasteiger charge is 2.28. The van der Waals surface area contributed by atoms with Gasteiger partial charge in [-0.15, -0.1) is 0 Å². The Morgan fingerprint density at radius 2 is 1.80 bits per heavy atom. The van der Waals surface area contributed by atoms with Gasteiger partial charge in [0.2, 0.25) is 0 Å². The molecule has 10 heteroatoms. The standard InChI is InChI=1S/C25H22Cl3N3O4/c1-13-6-7-16(27)11-19(13)29-25(33)24-14(2)23-18(4-3-5-21(23)35-24)30-31-22(32)12-34-20-9-8-15(26)10-17(20)28/h6-11H,3-5,12H2,1-2H3,(H,29,33)(H,31,32)/b30-18+. The number of anilines is 1. The van der Waals surface area contributed by atoms with E-state index in [9.17, 15) is 9.59 Å². The summed E-state index contributed by atoms with van der Waals surface area (Å²) in [6, 6.07) is 10.0. The Morgan fingerprint density at radius 1 is 1.06 bits per heavy atom. The van der Waals surface area contributed by atoms with Gasteiger partial charge in [0, 0.05) is 33.3 Å². The zero-order valence-corrected chi connectivity index (χ0v) is 21.3. The van der Waals surface area contributed by atoms with E-state index < -0.39 is 5.91 Å². The Morgan fingerprint density at radius 3 is 2.57 bits per heavy atom. The number of nitrogens with one attached hydrogen (secondary N) is 2. The van der Waals surface area contributed by atoms with Gasteiger partial charge in [0.25, 0.3) is 11.8 Å². The van der Waals surface area contributed by atoms with Crippen molar-refractivity contribution in [3.8, 4) is 5.75 Å². The fraction of sp³-hybridized carbons (Fsp3) is 0.240. The monoisotopic (exact) mass is 533 g/mol. The van der Waals surface area contributed by atoms with E-state index in [0.29, 0.717) is 56.4 Å². The molecular weight excluding hydrogens is 513 g/mol. The molecule has 2 N–H and O–H groups in total. The fourth-order valence-electron chi connectivity index (χ4n) is 3.80. The number of hydrogen-bond donors (Lipinski definition) is 2. The Kier molecular flexibility index (Phi) is 7.69. The van der Waals surface area contributed by atoms with Crippen LogP contribution in [0.4, 0.5) is 5.69 Å². The van der Waals surface area contributed by atoms with Crippen LogP contribution in [0.25, 0.3) is 0 Å². The Labute approximate surface area is 217 Å². The topological polar surface area (TPSA) is 92.9 Å². The van der Waals surface area contributed by atoms with E-state index in [-0.39, 0.29) is 18.3 Å². The Hall–Kier alpha value is -3.00. The molecule has 0 aliphatic heterocycles. The van der Waals surface area contributed by atoms with Crippen LogP contribution in [0.1, 0.15) is 45.8 Å². The summed E-state index contributed by atoms with van der Waals surface area (Å²) in [6.45, 7) is 3.41. The number of rotatable bonds is 6. The lowest BCUT2D eigenvalue weighted by Crippen LogP contribution is -2.27. The number of aryl methyl sites for hydroxylation is 2. The third-order valence-corrected chi connectivity index (χ3v) is 6.31. The third-order valence-electron chi connectivity index (χ3n) is 5.55. The highest BCUT2D eigenvalue weighted by atomic mass is 35.5. The number of fused-ring (bicyclic) bond motifs is 1. The van der Waals surface area contributed by atoms with Crippen molar-refractivity contribution in [2.75, 3.05) is 11.9 Å². The average molecular weight is 535 g/mol. The summed E-state index contributed by atoms with van der Waals surface area (Å²) >= 11 is 18.0. The first-order valence-corrected chi connectivity index (χ1v) is 12.0. The highest BCUT2D eigenvalue weighted by Crippen LogP contribution is 2.31. The van der Waals surface area contributed by atoms with Gasteiger partial charge in [-0.05, 0) is 62.6 Å². The quantitative estimate of drug-likeness (QED) is 0.361. The largest absolute Gasteiger partial charge is 0.482 e. The SMILES string of the molecule is Cc1ccc(Cl)cc1NC(=O)c1oc2c(c1C)/C(=N/NC(=O)COc1ccc(Cl)cc1Cl)CCC2. The molecule has 0 fully saturated rings. The number of nitrogens with zero attached hydrogens (tertiary/aromatic N) is 1. The number of carbonyl (C=O) groups is 2. The van der Waals surface area contributed by atoms with Crippen molar-refractivity contribution in [2.24, 2.45) is 5.10 Å². The first kappa shape index (κ1) is 25.1. The summed E-state index contributed by atoms with van der Waals surface area (Å²) in [4.78, 5) is 25.3. The van der Waals surface area contributed by atoms with Gasteiger partial charge in [0.15, 0.2) is 12.4 Å². The normalized spacial score (nSPS) is 13.9. The lowest BCUT2D eigenvalue weighted by molar-refractivity contribution is -0.123. The molecule has 0 atom stereocenters. The van der Waals surface area contributed by atoms with Crippen LogP contribution in [0.3, 0.4) is 0 Å². The number of amides is 2. The zero-order chi connectivity index (χ0) is 25.1. The van der Waals surface area contributed by atoms with Gasteiger partial charge in [0.1, 0.15) is 11.5 Å². The van der Waals surface area contributed by atoms with Crippen molar-refractivity contribution < 1.29 is 18.7 Å². The molecule has 1 aliphatic carbocycles. The molecule has 0 unspecified atom stereocenters. The summed E-state index contributed by atoms with van der Waals surface area (Å²) in [7, 11) is 0. The van der Waals surface area contributed by atoms with Crippen molar-refractivity contribution >= 4 is 58.0 Å². The highest BCUT2D eigenvalue weighted by molar-refractivity contribution is 6.35. The average Bonchev–Trinajstić information content (AvgIpc) is 3.16. The van der Waals surface area contributed by atoms with E-state index in [0.717, 1.165) is 17.5 Å².